The van der Waals surface area contributed by atoms with Crippen LogP contribution in [0, 0.1) is 5.92 Å². The molecule has 0 radical (unpaired) electrons. The van der Waals surface area contributed by atoms with Crippen molar-refractivity contribution in [2.45, 2.75) is 12.8 Å². The fraction of sp³-hybridized carbons (Fsp3) is 0.333. The second kappa shape index (κ2) is 6.96. The van der Waals surface area contributed by atoms with Gasteiger partial charge in [-0.15, -0.1) is 0 Å². The summed E-state index contributed by atoms with van der Waals surface area (Å²) in [4.78, 5) is 24.9. The van der Waals surface area contributed by atoms with Gasteiger partial charge in [0.15, 0.2) is 0 Å². The Bertz CT molecular complexity index is 579. The maximum atomic E-state index is 12.1. The van der Waals surface area contributed by atoms with Crippen LogP contribution in [0.2, 0.25) is 10.0 Å². The highest BCUT2D eigenvalue weighted by Crippen LogP contribution is 2.22. The van der Waals surface area contributed by atoms with Gasteiger partial charge in [-0.05, 0) is 36.6 Å². The van der Waals surface area contributed by atoms with Gasteiger partial charge in [-0.25, -0.2) is 0 Å². The van der Waals surface area contributed by atoms with Crippen molar-refractivity contribution in [2.75, 3.05) is 13.1 Å². The van der Waals surface area contributed by atoms with E-state index in [4.69, 9.17) is 28.9 Å². The van der Waals surface area contributed by atoms with Crippen LogP contribution in [0.5, 0.6) is 0 Å². The van der Waals surface area contributed by atoms with Crippen LogP contribution in [0.25, 0.3) is 6.08 Å². The van der Waals surface area contributed by atoms with E-state index in [1.165, 1.54) is 6.08 Å². The van der Waals surface area contributed by atoms with Gasteiger partial charge >= 0.3 is 0 Å². The molecule has 0 saturated carbocycles. The van der Waals surface area contributed by atoms with E-state index in [-0.39, 0.29) is 17.7 Å². The van der Waals surface area contributed by atoms with E-state index in [0.717, 1.165) is 5.56 Å². The number of benzene rings is 1. The number of primary amides is 1. The Labute approximate surface area is 133 Å². The lowest BCUT2D eigenvalue weighted by Crippen LogP contribution is -2.41. The number of hydrogen-bond donors (Lipinski definition) is 1. The predicted octanol–water partition coefficient (Wildman–Crippen LogP) is 2.73. The molecule has 1 heterocycles. The number of hydrogen-bond acceptors (Lipinski definition) is 2. The molecule has 1 aliphatic rings. The smallest absolute Gasteiger partial charge is 0.246 e. The molecule has 1 saturated heterocycles. The first-order valence-corrected chi connectivity index (χ1v) is 7.44. The van der Waals surface area contributed by atoms with E-state index < -0.39 is 0 Å². The van der Waals surface area contributed by atoms with Gasteiger partial charge < -0.3 is 10.6 Å². The molecule has 2 N–H and O–H groups in total. The molecule has 0 aromatic heterocycles. The van der Waals surface area contributed by atoms with Gasteiger partial charge in [-0.2, -0.15) is 0 Å². The molecule has 112 valence electrons. The van der Waals surface area contributed by atoms with E-state index in [9.17, 15) is 9.59 Å². The van der Waals surface area contributed by atoms with Crippen molar-refractivity contribution in [3.63, 3.8) is 0 Å². The molecule has 0 unspecified atom stereocenters. The summed E-state index contributed by atoms with van der Waals surface area (Å²) in [6, 6.07) is 5.11. The molecule has 1 fully saturated rings. The number of piperidine rings is 1. The monoisotopic (exact) mass is 326 g/mol. The molecule has 1 aliphatic heterocycles. The molecule has 0 aliphatic carbocycles. The lowest BCUT2D eigenvalue weighted by atomic mass is 9.96. The number of rotatable bonds is 3. The maximum absolute atomic E-state index is 12.1. The Morgan fingerprint density at radius 1 is 1.24 bits per heavy atom. The van der Waals surface area contributed by atoms with Crippen molar-refractivity contribution in [1.82, 2.24) is 4.90 Å². The fourth-order valence-corrected chi connectivity index (χ4v) is 2.76. The Balaban J connectivity index is 1.95. The number of likely N-dealkylation sites (tertiary alicyclic amines) is 1. The first-order chi connectivity index (χ1) is 9.97. The molecule has 2 rings (SSSR count). The van der Waals surface area contributed by atoms with Gasteiger partial charge in [0.2, 0.25) is 11.8 Å². The number of amides is 2. The van der Waals surface area contributed by atoms with Gasteiger partial charge in [0.25, 0.3) is 0 Å². The third-order valence-corrected chi connectivity index (χ3v) is 4.14. The molecule has 0 bridgehead atoms. The van der Waals surface area contributed by atoms with Crippen LogP contribution in [-0.2, 0) is 9.59 Å². The number of carbonyl (C=O) groups excluding carboxylic acids is 2. The Hall–Kier alpha value is -1.52. The molecular formula is C15H16Cl2N2O2. The van der Waals surface area contributed by atoms with Gasteiger partial charge in [-0.1, -0.05) is 29.3 Å². The summed E-state index contributed by atoms with van der Waals surface area (Å²) in [5, 5.41) is 1.05. The Morgan fingerprint density at radius 2 is 1.90 bits per heavy atom. The normalized spacial score (nSPS) is 16.4. The zero-order valence-corrected chi connectivity index (χ0v) is 12.9. The highest BCUT2D eigenvalue weighted by Gasteiger charge is 2.24. The van der Waals surface area contributed by atoms with Crippen LogP contribution in [0.15, 0.2) is 24.3 Å². The van der Waals surface area contributed by atoms with Crippen molar-refractivity contribution in [3.05, 3.63) is 39.9 Å². The summed E-state index contributed by atoms with van der Waals surface area (Å²) in [6.45, 7) is 1.09. The van der Waals surface area contributed by atoms with E-state index >= 15 is 0 Å². The first-order valence-electron chi connectivity index (χ1n) is 6.68. The van der Waals surface area contributed by atoms with E-state index in [1.54, 1.807) is 29.2 Å². The molecule has 0 atom stereocenters. The molecule has 1 aromatic rings. The van der Waals surface area contributed by atoms with E-state index in [1.807, 2.05) is 0 Å². The van der Waals surface area contributed by atoms with Gasteiger partial charge in [0.05, 0.1) is 0 Å². The summed E-state index contributed by atoms with van der Waals surface area (Å²) in [5.74, 6) is -0.502. The topological polar surface area (TPSA) is 63.4 Å². The second-order valence-corrected chi connectivity index (χ2v) is 5.84. The summed E-state index contributed by atoms with van der Waals surface area (Å²) < 4.78 is 0. The van der Waals surface area contributed by atoms with E-state index in [0.29, 0.717) is 36.0 Å². The van der Waals surface area contributed by atoms with Gasteiger partial charge in [0.1, 0.15) is 0 Å². The van der Waals surface area contributed by atoms with Crippen molar-refractivity contribution >= 4 is 41.1 Å². The maximum Gasteiger partial charge on any atom is 0.246 e. The van der Waals surface area contributed by atoms with Crippen molar-refractivity contribution in [2.24, 2.45) is 11.7 Å². The zero-order valence-electron chi connectivity index (χ0n) is 11.4. The van der Waals surface area contributed by atoms with Crippen LogP contribution in [0.3, 0.4) is 0 Å². The van der Waals surface area contributed by atoms with E-state index in [2.05, 4.69) is 0 Å². The quantitative estimate of drug-likeness (QED) is 0.868. The zero-order chi connectivity index (χ0) is 15.4. The van der Waals surface area contributed by atoms with Crippen molar-refractivity contribution in [3.8, 4) is 0 Å². The highest BCUT2D eigenvalue weighted by molar-refractivity contribution is 6.35. The van der Waals surface area contributed by atoms with Crippen LogP contribution < -0.4 is 5.73 Å². The van der Waals surface area contributed by atoms with Crippen molar-refractivity contribution < 1.29 is 9.59 Å². The summed E-state index contributed by atoms with van der Waals surface area (Å²) in [7, 11) is 0. The van der Waals surface area contributed by atoms with Crippen LogP contribution in [-0.4, -0.2) is 29.8 Å². The number of carbonyl (C=O) groups is 2. The number of nitrogens with two attached hydrogens (primary N) is 1. The molecule has 21 heavy (non-hydrogen) atoms. The first kappa shape index (κ1) is 15.9. The Morgan fingerprint density at radius 3 is 2.48 bits per heavy atom. The van der Waals surface area contributed by atoms with Crippen LogP contribution in [0.1, 0.15) is 18.4 Å². The molecule has 1 aromatic carbocycles. The molecule has 6 heteroatoms. The standard InChI is InChI=1S/C15H16Cl2N2O2/c16-12-3-1-10(13(17)9-12)2-4-14(20)19-7-5-11(6-8-19)15(18)21/h1-4,9,11H,5-8H2,(H2,18,21). The average molecular weight is 327 g/mol. The number of halogens is 2. The molecular weight excluding hydrogens is 311 g/mol. The minimum Gasteiger partial charge on any atom is -0.369 e. The number of nitrogens with zero attached hydrogens (tertiary/aromatic N) is 1. The summed E-state index contributed by atoms with van der Waals surface area (Å²) in [5.41, 5.74) is 6.01. The Kier molecular flexibility index (Phi) is 5.26. The third-order valence-electron chi connectivity index (χ3n) is 3.58. The fourth-order valence-electron chi connectivity index (χ4n) is 2.29. The minimum absolute atomic E-state index is 0.0936. The van der Waals surface area contributed by atoms with Gasteiger partial charge in [0, 0.05) is 35.1 Å². The average Bonchev–Trinajstić information content (AvgIpc) is 2.46. The largest absolute Gasteiger partial charge is 0.369 e. The van der Waals surface area contributed by atoms with Crippen molar-refractivity contribution in [1.29, 1.82) is 0 Å². The summed E-state index contributed by atoms with van der Waals surface area (Å²) >= 11 is 11.9. The molecule has 0 spiro atoms. The lowest BCUT2D eigenvalue weighted by molar-refractivity contribution is -0.130. The third kappa shape index (κ3) is 4.22. The predicted molar refractivity (Wildman–Crippen MR) is 84.0 cm³/mol. The lowest BCUT2D eigenvalue weighted by Gasteiger charge is -2.29. The second-order valence-electron chi connectivity index (χ2n) is 5.00. The summed E-state index contributed by atoms with van der Waals surface area (Å²) in [6.07, 6.45) is 4.40. The van der Waals surface area contributed by atoms with Gasteiger partial charge in [-0.3, -0.25) is 9.59 Å². The molecule has 4 nitrogen and oxygen atoms in total. The SMILES string of the molecule is NC(=O)C1CCN(C(=O)C=Cc2ccc(Cl)cc2Cl)CC1. The van der Waals surface area contributed by atoms with Crippen LogP contribution >= 0.6 is 23.2 Å². The molecule has 2 amide bonds. The minimum atomic E-state index is -0.286. The van der Waals surface area contributed by atoms with Crippen LogP contribution in [0.4, 0.5) is 0 Å². The highest BCUT2D eigenvalue weighted by atomic mass is 35.5.